The molecule has 0 spiro atoms. The van der Waals surface area contributed by atoms with Gasteiger partial charge in [-0.15, -0.1) is 0 Å². The number of hydrogen-bond acceptors (Lipinski definition) is 3. The molecule has 2 heterocycles. The number of nitrogens with one attached hydrogen (secondary N) is 1. The van der Waals surface area contributed by atoms with Crippen molar-refractivity contribution < 1.29 is 4.79 Å². The molecule has 1 aromatic carbocycles. The van der Waals surface area contributed by atoms with Gasteiger partial charge in [0, 0.05) is 29.9 Å². The van der Waals surface area contributed by atoms with E-state index in [1.54, 1.807) is 4.90 Å². The molecule has 0 aliphatic carbocycles. The Kier molecular flexibility index (Phi) is 5.45. The van der Waals surface area contributed by atoms with Crippen molar-refractivity contribution in [2.24, 2.45) is 0 Å². The van der Waals surface area contributed by atoms with E-state index in [0.29, 0.717) is 13.1 Å². The van der Waals surface area contributed by atoms with Gasteiger partial charge in [-0.3, -0.25) is 9.48 Å². The first-order valence-corrected chi connectivity index (χ1v) is 9.10. The highest BCUT2D eigenvalue weighted by molar-refractivity contribution is 6.31. The molecule has 6 heteroatoms. The monoisotopic (exact) mass is 360 g/mol. The zero-order chi connectivity index (χ0) is 18.0. The first-order valence-electron chi connectivity index (χ1n) is 8.72. The Morgan fingerprint density at radius 3 is 2.84 bits per heavy atom. The van der Waals surface area contributed by atoms with Gasteiger partial charge >= 0.3 is 0 Å². The summed E-state index contributed by atoms with van der Waals surface area (Å²) in [6, 6.07) is 7.78. The number of likely N-dealkylation sites (N-methyl/N-ethyl adjacent to an activating group) is 1. The van der Waals surface area contributed by atoms with E-state index in [1.165, 1.54) is 0 Å². The van der Waals surface area contributed by atoms with Crippen molar-refractivity contribution in [2.75, 3.05) is 13.6 Å². The smallest absolute Gasteiger partial charge is 0.239 e. The van der Waals surface area contributed by atoms with Crippen LogP contribution in [0.4, 0.5) is 0 Å². The molecule has 3 rings (SSSR count). The molecule has 1 aliphatic rings. The predicted octanol–water partition coefficient (Wildman–Crippen LogP) is 2.91. The Morgan fingerprint density at radius 2 is 2.16 bits per heavy atom. The SMILES string of the molecule is Cc1nn(Cc2ccccc2Cl)c(C)c1CN(C)C(=O)C1CCCN1. The largest absolute Gasteiger partial charge is 0.340 e. The number of amides is 1. The average Bonchev–Trinajstić information content (AvgIpc) is 3.21. The summed E-state index contributed by atoms with van der Waals surface area (Å²) in [6.45, 7) is 6.19. The zero-order valence-electron chi connectivity index (χ0n) is 15.1. The van der Waals surface area contributed by atoms with Crippen LogP contribution in [0.1, 0.15) is 35.4 Å². The quantitative estimate of drug-likeness (QED) is 0.891. The predicted molar refractivity (Wildman–Crippen MR) is 99.8 cm³/mol. The van der Waals surface area contributed by atoms with Crippen LogP contribution in [0.2, 0.25) is 5.02 Å². The minimum atomic E-state index is -0.0382. The Hall–Kier alpha value is -1.85. The fourth-order valence-electron chi connectivity index (χ4n) is 3.38. The lowest BCUT2D eigenvalue weighted by molar-refractivity contribution is -0.132. The third kappa shape index (κ3) is 3.88. The van der Waals surface area contributed by atoms with Gasteiger partial charge in [0.2, 0.25) is 5.91 Å². The van der Waals surface area contributed by atoms with Crippen molar-refractivity contribution in [1.29, 1.82) is 0 Å². The average molecular weight is 361 g/mol. The van der Waals surface area contributed by atoms with Crippen LogP contribution in [0.25, 0.3) is 0 Å². The van der Waals surface area contributed by atoms with E-state index in [0.717, 1.165) is 46.9 Å². The van der Waals surface area contributed by atoms with Crippen LogP contribution in [0.3, 0.4) is 0 Å². The van der Waals surface area contributed by atoms with Gasteiger partial charge in [-0.05, 0) is 44.9 Å². The molecule has 1 fully saturated rings. The molecule has 0 radical (unpaired) electrons. The van der Waals surface area contributed by atoms with E-state index >= 15 is 0 Å². The van der Waals surface area contributed by atoms with E-state index in [4.69, 9.17) is 11.6 Å². The zero-order valence-corrected chi connectivity index (χ0v) is 15.8. The number of hydrogen-bond donors (Lipinski definition) is 1. The van der Waals surface area contributed by atoms with Crippen molar-refractivity contribution in [2.45, 2.75) is 45.8 Å². The first-order chi connectivity index (χ1) is 12.0. The highest BCUT2D eigenvalue weighted by atomic mass is 35.5. The van der Waals surface area contributed by atoms with Gasteiger partial charge in [-0.1, -0.05) is 29.8 Å². The summed E-state index contributed by atoms with van der Waals surface area (Å²) in [4.78, 5) is 14.3. The maximum atomic E-state index is 12.5. The van der Waals surface area contributed by atoms with Crippen LogP contribution < -0.4 is 5.32 Å². The number of carbonyl (C=O) groups excluding carboxylic acids is 1. The Bertz CT molecular complexity index is 765. The van der Waals surface area contributed by atoms with Crippen LogP contribution in [0.5, 0.6) is 0 Å². The molecule has 0 saturated carbocycles. The van der Waals surface area contributed by atoms with Gasteiger partial charge < -0.3 is 10.2 Å². The number of aryl methyl sites for hydroxylation is 1. The second-order valence-corrected chi connectivity index (χ2v) is 7.15. The van der Waals surface area contributed by atoms with Gasteiger partial charge in [-0.2, -0.15) is 5.10 Å². The van der Waals surface area contributed by atoms with Gasteiger partial charge in [0.25, 0.3) is 0 Å². The van der Waals surface area contributed by atoms with Gasteiger partial charge in [0.1, 0.15) is 0 Å². The van der Waals surface area contributed by atoms with Gasteiger partial charge in [-0.25, -0.2) is 0 Å². The fourth-order valence-corrected chi connectivity index (χ4v) is 3.58. The summed E-state index contributed by atoms with van der Waals surface area (Å²) in [6.07, 6.45) is 1.99. The first kappa shape index (κ1) is 18.0. The molecule has 5 nitrogen and oxygen atoms in total. The molecular formula is C19H25ClN4O. The molecule has 1 aliphatic heterocycles. The summed E-state index contributed by atoms with van der Waals surface area (Å²) >= 11 is 6.27. The van der Waals surface area contributed by atoms with E-state index in [-0.39, 0.29) is 11.9 Å². The van der Waals surface area contributed by atoms with Crippen LogP contribution in [-0.2, 0) is 17.9 Å². The highest BCUT2D eigenvalue weighted by Gasteiger charge is 2.26. The lowest BCUT2D eigenvalue weighted by Gasteiger charge is -2.21. The van der Waals surface area contributed by atoms with Crippen molar-refractivity contribution in [3.05, 3.63) is 51.8 Å². The molecule has 1 N–H and O–H groups in total. The number of benzene rings is 1. The summed E-state index contributed by atoms with van der Waals surface area (Å²) in [5.41, 5.74) is 4.20. The summed E-state index contributed by atoms with van der Waals surface area (Å²) in [7, 11) is 1.87. The molecule has 134 valence electrons. The number of nitrogens with zero attached hydrogens (tertiary/aromatic N) is 3. The Balaban J connectivity index is 1.75. The standard InChI is InChI=1S/C19H25ClN4O/c1-13-16(12-23(3)19(25)18-9-6-10-21-18)14(2)24(22-13)11-15-7-4-5-8-17(15)20/h4-5,7-8,18,21H,6,9-12H2,1-3H3. The van der Waals surface area contributed by atoms with Crippen molar-refractivity contribution in [3.63, 3.8) is 0 Å². The Morgan fingerprint density at radius 1 is 1.40 bits per heavy atom. The van der Waals surface area contributed by atoms with E-state index in [1.807, 2.05) is 42.9 Å². The van der Waals surface area contributed by atoms with Crippen LogP contribution in [-0.4, -0.2) is 40.2 Å². The molecule has 1 atom stereocenters. The van der Waals surface area contributed by atoms with Gasteiger partial charge in [0.15, 0.2) is 0 Å². The van der Waals surface area contributed by atoms with Crippen molar-refractivity contribution in [3.8, 4) is 0 Å². The van der Waals surface area contributed by atoms with Crippen LogP contribution in [0.15, 0.2) is 24.3 Å². The number of rotatable bonds is 5. The van der Waals surface area contributed by atoms with Crippen LogP contribution in [0, 0.1) is 13.8 Å². The minimum absolute atomic E-state index is 0.0382. The van der Waals surface area contributed by atoms with Crippen molar-refractivity contribution >= 4 is 17.5 Å². The number of aromatic nitrogens is 2. The lowest BCUT2D eigenvalue weighted by Crippen LogP contribution is -2.41. The van der Waals surface area contributed by atoms with E-state index in [2.05, 4.69) is 17.3 Å². The second-order valence-electron chi connectivity index (χ2n) is 6.74. The molecule has 0 bridgehead atoms. The van der Waals surface area contributed by atoms with E-state index in [9.17, 15) is 4.79 Å². The molecule has 1 aromatic heterocycles. The maximum absolute atomic E-state index is 12.5. The normalized spacial score (nSPS) is 17.0. The van der Waals surface area contributed by atoms with Gasteiger partial charge in [0.05, 0.1) is 18.3 Å². The third-order valence-corrected chi connectivity index (χ3v) is 5.31. The maximum Gasteiger partial charge on any atom is 0.239 e. The molecule has 1 saturated heterocycles. The van der Waals surface area contributed by atoms with Crippen molar-refractivity contribution in [1.82, 2.24) is 20.0 Å². The summed E-state index contributed by atoms with van der Waals surface area (Å²) < 4.78 is 1.97. The molecule has 25 heavy (non-hydrogen) atoms. The fraction of sp³-hybridized carbons (Fsp3) is 0.474. The molecular weight excluding hydrogens is 336 g/mol. The number of halogens is 1. The summed E-state index contributed by atoms with van der Waals surface area (Å²) in [5, 5.41) is 8.68. The van der Waals surface area contributed by atoms with E-state index < -0.39 is 0 Å². The minimum Gasteiger partial charge on any atom is -0.340 e. The molecule has 2 aromatic rings. The van der Waals surface area contributed by atoms with Crippen LogP contribution >= 0.6 is 11.6 Å². The number of carbonyl (C=O) groups is 1. The third-order valence-electron chi connectivity index (χ3n) is 4.94. The lowest BCUT2D eigenvalue weighted by atomic mass is 10.1. The molecule has 1 amide bonds. The summed E-state index contributed by atoms with van der Waals surface area (Å²) in [5.74, 6) is 0.162. The second kappa shape index (κ2) is 7.58. The molecule has 1 unspecified atom stereocenters. The highest BCUT2D eigenvalue weighted by Crippen LogP contribution is 2.21. The Labute approximate surface area is 154 Å². The topological polar surface area (TPSA) is 50.2 Å².